The average Bonchev–Trinajstić information content (AvgIpc) is 2.70. The maximum Gasteiger partial charge on any atom is 0.309 e. The first-order valence-corrected chi connectivity index (χ1v) is 6.47. The zero-order valence-electron chi connectivity index (χ0n) is 11.7. The van der Waals surface area contributed by atoms with E-state index in [1.165, 1.54) is 5.56 Å². The van der Waals surface area contributed by atoms with Crippen molar-refractivity contribution in [2.24, 2.45) is 13.0 Å². The summed E-state index contributed by atoms with van der Waals surface area (Å²) in [6, 6.07) is 0. The SMILES string of the molecule is CCOC(=O)C(C)CNCc1cn(C)nc1CC. The minimum Gasteiger partial charge on any atom is -0.466 e. The minimum absolute atomic E-state index is 0.119. The second kappa shape index (κ2) is 7.16. The van der Waals surface area contributed by atoms with E-state index < -0.39 is 0 Å². The lowest BCUT2D eigenvalue weighted by Gasteiger charge is -2.11. The van der Waals surface area contributed by atoms with Crippen LogP contribution in [0.3, 0.4) is 0 Å². The highest BCUT2D eigenvalue weighted by Crippen LogP contribution is 2.07. The third-order valence-electron chi connectivity index (χ3n) is 2.78. The molecule has 0 saturated heterocycles. The van der Waals surface area contributed by atoms with Crippen LogP contribution in [0.2, 0.25) is 0 Å². The van der Waals surface area contributed by atoms with E-state index in [-0.39, 0.29) is 11.9 Å². The van der Waals surface area contributed by atoms with Crippen LogP contribution < -0.4 is 5.32 Å². The van der Waals surface area contributed by atoms with E-state index >= 15 is 0 Å². The molecule has 0 spiro atoms. The van der Waals surface area contributed by atoms with Gasteiger partial charge in [0.1, 0.15) is 0 Å². The number of rotatable bonds is 7. The molecule has 1 atom stereocenters. The molecule has 0 aliphatic carbocycles. The molecule has 0 aliphatic rings. The molecule has 18 heavy (non-hydrogen) atoms. The van der Waals surface area contributed by atoms with Crippen LogP contribution in [0.5, 0.6) is 0 Å². The summed E-state index contributed by atoms with van der Waals surface area (Å²) in [6.45, 7) is 7.58. The van der Waals surface area contributed by atoms with E-state index in [2.05, 4.69) is 17.3 Å². The standard InChI is InChI=1S/C13H23N3O2/c1-5-12-11(9-16(4)15-12)8-14-7-10(3)13(17)18-6-2/h9-10,14H,5-8H2,1-4H3. The molecule has 0 fully saturated rings. The van der Waals surface area contributed by atoms with Gasteiger partial charge in [-0.25, -0.2) is 0 Å². The fraction of sp³-hybridized carbons (Fsp3) is 0.692. The van der Waals surface area contributed by atoms with Crippen LogP contribution in [0.1, 0.15) is 32.0 Å². The molecule has 5 nitrogen and oxygen atoms in total. The molecule has 102 valence electrons. The Balaban J connectivity index is 2.39. The van der Waals surface area contributed by atoms with Crippen molar-refractivity contribution in [3.63, 3.8) is 0 Å². The Morgan fingerprint density at radius 2 is 2.28 bits per heavy atom. The summed E-state index contributed by atoms with van der Waals surface area (Å²) in [5.41, 5.74) is 2.30. The van der Waals surface area contributed by atoms with E-state index in [4.69, 9.17) is 4.74 Å². The molecule has 0 radical (unpaired) electrons. The number of nitrogens with zero attached hydrogens (tertiary/aromatic N) is 2. The van der Waals surface area contributed by atoms with Crippen molar-refractivity contribution in [3.8, 4) is 0 Å². The van der Waals surface area contributed by atoms with Crippen molar-refractivity contribution in [1.29, 1.82) is 0 Å². The Bertz CT molecular complexity index is 388. The van der Waals surface area contributed by atoms with E-state index in [1.807, 2.05) is 31.8 Å². The van der Waals surface area contributed by atoms with Crippen LogP contribution in [-0.2, 0) is 29.5 Å². The number of aryl methyl sites for hydroxylation is 2. The molecule has 0 aromatic carbocycles. The van der Waals surface area contributed by atoms with Gasteiger partial charge in [-0.3, -0.25) is 9.48 Å². The first kappa shape index (κ1) is 14.7. The average molecular weight is 253 g/mol. The van der Waals surface area contributed by atoms with Gasteiger partial charge in [-0.05, 0) is 13.3 Å². The van der Waals surface area contributed by atoms with E-state index in [1.54, 1.807) is 0 Å². The van der Waals surface area contributed by atoms with Crippen LogP contribution in [-0.4, -0.2) is 28.9 Å². The summed E-state index contributed by atoms with van der Waals surface area (Å²) in [5.74, 6) is -0.265. The monoisotopic (exact) mass is 253 g/mol. The fourth-order valence-corrected chi connectivity index (χ4v) is 1.82. The lowest BCUT2D eigenvalue weighted by Crippen LogP contribution is -2.27. The zero-order chi connectivity index (χ0) is 13.5. The maximum atomic E-state index is 11.4. The molecular formula is C13H23N3O2. The third kappa shape index (κ3) is 4.14. The smallest absolute Gasteiger partial charge is 0.309 e. The minimum atomic E-state index is -0.146. The Morgan fingerprint density at radius 1 is 1.56 bits per heavy atom. The van der Waals surface area contributed by atoms with Gasteiger partial charge in [0.05, 0.1) is 18.2 Å². The number of esters is 1. The maximum absolute atomic E-state index is 11.4. The molecular weight excluding hydrogens is 230 g/mol. The number of carbonyl (C=O) groups is 1. The molecule has 1 N–H and O–H groups in total. The zero-order valence-corrected chi connectivity index (χ0v) is 11.7. The number of hydrogen-bond donors (Lipinski definition) is 1. The first-order chi connectivity index (χ1) is 8.58. The molecule has 0 aliphatic heterocycles. The van der Waals surface area contributed by atoms with Gasteiger partial charge in [0, 0.05) is 31.9 Å². The summed E-state index contributed by atoms with van der Waals surface area (Å²) in [7, 11) is 1.92. The second-order valence-corrected chi connectivity index (χ2v) is 4.41. The number of ether oxygens (including phenoxy) is 1. The van der Waals surface area contributed by atoms with E-state index in [0.717, 1.165) is 18.7 Å². The Morgan fingerprint density at radius 3 is 2.89 bits per heavy atom. The Labute approximate surface area is 109 Å². The molecule has 1 rings (SSSR count). The van der Waals surface area contributed by atoms with Crippen molar-refractivity contribution < 1.29 is 9.53 Å². The van der Waals surface area contributed by atoms with Crippen LogP contribution in [0.25, 0.3) is 0 Å². The molecule has 0 saturated carbocycles. The van der Waals surface area contributed by atoms with Crippen LogP contribution in [0, 0.1) is 5.92 Å². The van der Waals surface area contributed by atoms with Crippen LogP contribution in [0.4, 0.5) is 0 Å². The molecule has 1 aromatic heterocycles. The van der Waals surface area contributed by atoms with Gasteiger partial charge in [-0.2, -0.15) is 5.10 Å². The predicted octanol–water partition coefficient (Wildman–Crippen LogP) is 1.27. The van der Waals surface area contributed by atoms with Crippen molar-refractivity contribution in [2.45, 2.75) is 33.7 Å². The fourth-order valence-electron chi connectivity index (χ4n) is 1.82. The molecule has 0 amide bonds. The lowest BCUT2D eigenvalue weighted by atomic mass is 10.1. The van der Waals surface area contributed by atoms with Crippen LogP contribution >= 0.6 is 0 Å². The van der Waals surface area contributed by atoms with E-state index in [9.17, 15) is 4.79 Å². The molecule has 0 bridgehead atoms. The number of nitrogens with one attached hydrogen (secondary N) is 1. The summed E-state index contributed by atoms with van der Waals surface area (Å²) in [4.78, 5) is 11.4. The third-order valence-corrected chi connectivity index (χ3v) is 2.78. The summed E-state index contributed by atoms with van der Waals surface area (Å²) in [6.07, 6.45) is 2.94. The summed E-state index contributed by atoms with van der Waals surface area (Å²) in [5, 5.41) is 7.65. The molecule has 1 aromatic rings. The highest BCUT2D eigenvalue weighted by molar-refractivity contribution is 5.72. The van der Waals surface area contributed by atoms with Gasteiger partial charge in [0.2, 0.25) is 0 Å². The number of aromatic nitrogens is 2. The summed E-state index contributed by atoms with van der Waals surface area (Å²) < 4.78 is 6.78. The molecule has 1 unspecified atom stereocenters. The van der Waals surface area contributed by atoms with Crippen LogP contribution in [0.15, 0.2) is 6.20 Å². The quantitative estimate of drug-likeness (QED) is 0.744. The van der Waals surface area contributed by atoms with Gasteiger partial charge in [-0.1, -0.05) is 13.8 Å². The van der Waals surface area contributed by atoms with E-state index in [0.29, 0.717) is 13.2 Å². The van der Waals surface area contributed by atoms with Gasteiger partial charge in [0.15, 0.2) is 0 Å². The van der Waals surface area contributed by atoms with Gasteiger partial charge in [0.25, 0.3) is 0 Å². The number of hydrogen-bond acceptors (Lipinski definition) is 4. The highest BCUT2D eigenvalue weighted by Gasteiger charge is 2.13. The van der Waals surface area contributed by atoms with Gasteiger partial charge >= 0.3 is 5.97 Å². The molecule has 5 heteroatoms. The lowest BCUT2D eigenvalue weighted by molar-refractivity contribution is -0.147. The number of carbonyl (C=O) groups excluding carboxylic acids is 1. The van der Waals surface area contributed by atoms with Crippen molar-refractivity contribution in [1.82, 2.24) is 15.1 Å². The second-order valence-electron chi connectivity index (χ2n) is 4.41. The van der Waals surface area contributed by atoms with Crippen molar-refractivity contribution in [2.75, 3.05) is 13.2 Å². The van der Waals surface area contributed by atoms with Gasteiger partial charge < -0.3 is 10.1 Å². The molecule has 1 heterocycles. The largest absolute Gasteiger partial charge is 0.466 e. The summed E-state index contributed by atoms with van der Waals surface area (Å²) >= 11 is 0. The highest BCUT2D eigenvalue weighted by atomic mass is 16.5. The van der Waals surface area contributed by atoms with Crippen molar-refractivity contribution in [3.05, 3.63) is 17.5 Å². The normalized spacial score (nSPS) is 12.4. The van der Waals surface area contributed by atoms with Gasteiger partial charge in [-0.15, -0.1) is 0 Å². The van der Waals surface area contributed by atoms with Crippen molar-refractivity contribution >= 4 is 5.97 Å². The predicted molar refractivity (Wildman–Crippen MR) is 70.1 cm³/mol. The Hall–Kier alpha value is -1.36. The first-order valence-electron chi connectivity index (χ1n) is 6.47. The topological polar surface area (TPSA) is 56.1 Å². The Kier molecular flexibility index (Phi) is 5.85.